The van der Waals surface area contributed by atoms with Crippen LogP contribution in [0.5, 0.6) is 0 Å². The van der Waals surface area contributed by atoms with Crippen molar-refractivity contribution in [1.82, 2.24) is 0 Å². The first kappa shape index (κ1) is 10.3. The van der Waals surface area contributed by atoms with Gasteiger partial charge < -0.3 is 4.74 Å². The van der Waals surface area contributed by atoms with Crippen molar-refractivity contribution in [1.29, 1.82) is 0 Å². The zero-order chi connectivity index (χ0) is 8.97. The smallest absolute Gasteiger partial charge is 0.100 e. The molecule has 0 aromatic carbocycles. The van der Waals surface area contributed by atoms with Crippen molar-refractivity contribution in [3.05, 3.63) is 0 Å². The zero-order valence-electron chi connectivity index (χ0n) is 8.05. The Morgan fingerprint density at radius 2 is 2.08 bits per heavy atom. The quantitative estimate of drug-likeness (QED) is 0.462. The lowest BCUT2D eigenvalue weighted by Crippen LogP contribution is -2.10. The van der Waals surface area contributed by atoms with E-state index >= 15 is 0 Å². The summed E-state index contributed by atoms with van der Waals surface area (Å²) in [4.78, 5) is 0. The summed E-state index contributed by atoms with van der Waals surface area (Å²) in [5, 5.41) is 0.265. The SMILES string of the molecule is CCCCC(Cl)C1OC1CCC. The molecule has 3 unspecified atom stereocenters. The Bertz CT molecular complexity index is 127. The van der Waals surface area contributed by atoms with Crippen molar-refractivity contribution >= 4 is 11.6 Å². The van der Waals surface area contributed by atoms with Crippen LogP contribution in [0.2, 0.25) is 0 Å². The van der Waals surface area contributed by atoms with Gasteiger partial charge in [-0.15, -0.1) is 11.6 Å². The number of hydrogen-bond donors (Lipinski definition) is 0. The van der Waals surface area contributed by atoms with Gasteiger partial charge in [-0.1, -0.05) is 33.1 Å². The minimum absolute atomic E-state index is 0.265. The van der Waals surface area contributed by atoms with Gasteiger partial charge >= 0.3 is 0 Å². The number of halogens is 1. The molecule has 12 heavy (non-hydrogen) atoms. The summed E-state index contributed by atoms with van der Waals surface area (Å²) in [5.41, 5.74) is 0. The summed E-state index contributed by atoms with van der Waals surface area (Å²) in [7, 11) is 0. The number of alkyl halides is 1. The largest absolute Gasteiger partial charge is 0.368 e. The first-order chi connectivity index (χ1) is 5.79. The Morgan fingerprint density at radius 3 is 2.67 bits per heavy atom. The first-order valence-corrected chi connectivity index (χ1v) is 5.52. The van der Waals surface area contributed by atoms with Gasteiger partial charge in [0, 0.05) is 0 Å². The molecule has 72 valence electrons. The van der Waals surface area contributed by atoms with Gasteiger partial charge in [0.2, 0.25) is 0 Å². The highest BCUT2D eigenvalue weighted by atomic mass is 35.5. The first-order valence-electron chi connectivity index (χ1n) is 5.09. The topological polar surface area (TPSA) is 12.5 Å². The second kappa shape index (κ2) is 5.08. The molecule has 1 aliphatic heterocycles. The fourth-order valence-corrected chi connectivity index (χ4v) is 1.93. The van der Waals surface area contributed by atoms with Gasteiger partial charge in [0.25, 0.3) is 0 Å². The third kappa shape index (κ3) is 2.95. The third-order valence-corrected chi connectivity index (χ3v) is 2.85. The van der Waals surface area contributed by atoms with E-state index in [1.807, 2.05) is 0 Å². The maximum absolute atomic E-state index is 6.16. The lowest BCUT2D eigenvalue weighted by Gasteiger charge is -2.03. The van der Waals surface area contributed by atoms with Crippen LogP contribution < -0.4 is 0 Å². The maximum Gasteiger partial charge on any atom is 0.100 e. The fraction of sp³-hybridized carbons (Fsp3) is 1.00. The Morgan fingerprint density at radius 1 is 1.33 bits per heavy atom. The predicted molar refractivity (Wildman–Crippen MR) is 52.7 cm³/mol. The second-order valence-corrected chi connectivity index (χ2v) is 4.15. The van der Waals surface area contributed by atoms with Crippen LogP contribution >= 0.6 is 11.6 Å². The molecule has 1 aliphatic rings. The number of rotatable bonds is 6. The van der Waals surface area contributed by atoms with Crippen molar-refractivity contribution in [2.45, 2.75) is 63.5 Å². The van der Waals surface area contributed by atoms with Gasteiger partial charge in [0.05, 0.1) is 11.5 Å². The molecule has 0 aliphatic carbocycles. The van der Waals surface area contributed by atoms with E-state index < -0.39 is 0 Å². The lowest BCUT2D eigenvalue weighted by atomic mass is 10.1. The van der Waals surface area contributed by atoms with Gasteiger partial charge in [0.15, 0.2) is 0 Å². The van der Waals surface area contributed by atoms with Crippen LogP contribution in [0.15, 0.2) is 0 Å². The summed E-state index contributed by atoms with van der Waals surface area (Å²) in [6, 6.07) is 0. The molecule has 0 spiro atoms. The molecule has 0 bridgehead atoms. The van der Waals surface area contributed by atoms with E-state index in [9.17, 15) is 0 Å². The summed E-state index contributed by atoms with van der Waals surface area (Å²) in [5.74, 6) is 0. The molecule has 2 heteroatoms. The van der Waals surface area contributed by atoms with Crippen LogP contribution in [0.1, 0.15) is 46.0 Å². The highest BCUT2D eigenvalue weighted by Crippen LogP contribution is 2.34. The average molecular weight is 191 g/mol. The van der Waals surface area contributed by atoms with Crippen molar-refractivity contribution in [2.24, 2.45) is 0 Å². The molecule has 0 aromatic rings. The Labute approximate surface area is 80.4 Å². The monoisotopic (exact) mass is 190 g/mol. The summed E-state index contributed by atoms with van der Waals surface area (Å²) in [6.45, 7) is 4.38. The number of ether oxygens (including phenoxy) is 1. The highest BCUT2D eigenvalue weighted by molar-refractivity contribution is 6.21. The lowest BCUT2D eigenvalue weighted by molar-refractivity contribution is 0.353. The molecule has 0 aromatic heterocycles. The summed E-state index contributed by atoms with van der Waals surface area (Å²) < 4.78 is 5.48. The maximum atomic E-state index is 6.16. The van der Waals surface area contributed by atoms with E-state index in [2.05, 4.69) is 13.8 Å². The molecule has 0 radical (unpaired) electrons. The zero-order valence-corrected chi connectivity index (χ0v) is 8.81. The van der Waals surface area contributed by atoms with E-state index in [1.165, 1.54) is 25.7 Å². The Kier molecular flexibility index (Phi) is 4.38. The van der Waals surface area contributed by atoms with E-state index in [-0.39, 0.29) is 5.38 Å². The van der Waals surface area contributed by atoms with Crippen LogP contribution in [0.4, 0.5) is 0 Å². The van der Waals surface area contributed by atoms with Crippen molar-refractivity contribution in [2.75, 3.05) is 0 Å². The molecule has 1 nitrogen and oxygen atoms in total. The van der Waals surface area contributed by atoms with Gasteiger partial charge in [0.1, 0.15) is 6.10 Å². The molecule has 0 saturated carbocycles. The van der Waals surface area contributed by atoms with Crippen LogP contribution in [0.25, 0.3) is 0 Å². The predicted octanol–water partition coefficient (Wildman–Crippen LogP) is 3.35. The Balaban J connectivity index is 2.06. The highest BCUT2D eigenvalue weighted by Gasteiger charge is 2.42. The molecule has 1 fully saturated rings. The van der Waals surface area contributed by atoms with E-state index in [0.717, 1.165) is 6.42 Å². The molecule has 0 N–H and O–H groups in total. The fourth-order valence-electron chi connectivity index (χ4n) is 1.55. The Hall–Kier alpha value is 0.250. The summed E-state index contributed by atoms with van der Waals surface area (Å²) in [6.07, 6.45) is 6.82. The molecule has 3 atom stereocenters. The van der Waals surface area contributed by atoms with Crippen LogP contribution in [0.3, 0.4) is 0 Å². The number of hydrogen-bond acceptors (Lipinski definition) is 1. The second-order valence-electron chi connectivity index (χ2n) is 3.59. The molecule has 1 saturated heterocycles. The van der Waals surface area contributed by atoms with Crippen LogP contribution in [-0.2, 0) is 4.74 Å². The van der Waals surface area contributed by atoms with Gasteiger partial charge in [-0.3, -0.25) is 0 Å². The number of epoxide rings is 1. The average Bonchev–Trinajstić information content (AvgIpc) is 2.80. The molecule has 1 heterocycles. The normalized spacial score (nSPS) is 30.2. The summed E-state index contributed by atoms with van der Waals surface area (Å²) >= 11 is 6.16. The van der Waals surface area contributed by atoms with Crippen molar-refractivity contribution < 1.29 is 4.74 Å². The molecular formula is C10H19ClO. The van der Waals surface area contributed by atoms with E-state index in [1.54, 1.807) is 0 Å². The van der Waals surface area contributed by atoms with Gasteiger partial charge in [-0.2, -0.15) is 0 Å². The van der Waals surface area contributed by atoms with Crippen LogP contribution in [-0.4, -0.2) is 17.6 Å². The standard InChI is InChI=1S/C10H19ClO/c1-3-5-7-8(11)10-9(12-10)6-4-2/h8-10H,3-7H2,1-2H3. The minimum Gasteiger partial charge on any atom is -0.368 e. The number of unbranched alkanes of at least 4 members (excludes halogenated alkanes) is 1. The molecule has 0 amide bonds. The van der Waals surface area contributed by atoms with Gasteiger partial charge in [-0.05, 0) is 12.8 Å². The molecule has 1 rings (SSSR count). The van der Waals surface area contributed by atoms with Gasteiger partial charge in [-0.25, -0.2) is 0 Å². The van der Waals surface area contributed by atoms with E-state index in [0.29, 0.717) is 12.2 Å². The minimum atomic E-state index is 0.265. The van der Waals surface area contributed by atoms with E-state index in [4.69, 9.17) is 16.3 Å². The third-order valence-electron chi connectivity index (χ3n) is 2.38. The molecular weight excluding hydrogens is 172 g/mol. The van der Waals surface area contributed by atoms with Crippen LogP contribution in [0, 0.1) is 0 Å². The van der Waals surface area contributed by atoms with Crippen molar-refractivity contribution in [3.63, 3.8) is 0 Å². The van der Waals surface area contributed by atoms with Crippen molar-refractivity contribution in [3.8, 4) is 0 Å².